The smallest absolute Gasteiger partial charge is 0.232 e. The van der Waals surface area contributed by atoms with Crippen molar-refractivity contribution >= 4 is 11.8 Å². The fourth-order valence-corrected chi connectivity index (χ4v) is 12.0. The number of amides is 2. The predicted molar refractivity (Wildman–Crippen MR) is 160 cm³/mol. The lowest BCUT2D eigenvalue weighted by atomic mass is 9.44. The van der Waals surface area contributed by atoms with Gasteiger partial charge in [-0.3, -0.25) is 14.9 Å². The maximum Gasteiger partial charge on any atom is 0.232 e. The van der Waals surface area contributed by atoms with E-state index in [1.165, 1.54) is 51.4 Å². The summed E-state index contributed by atoms with van der Waals surface area (Å²) in [6.07, 6.45) is 12.9. The molecule has 7 rings (SSSR count). The number of hydrogen-bond acceptors (Lipinski definition) is 5. The highest BCUT2D eigenvalue weighted by molar-refractivity contribution is 5.97. The Morgan fingerprint density at radius 2 is 1.71 bits per heavy atom. The van der Waals surface area contributed by atoms with Crippen molar-refractivity contribution in [3.63, 3.8) is 0 Å². The van der Waals surface area contributed by atoms with Gasteiger partial charge in [0.05, 0.1) is 6.10 Å². The van der Waals surface area contributed by atoms with E-state index in [2.05, 4.69) is 43.6 Å². The van der Waals surface area contributed by atoms with Gasteiger partial charge >= 0.3 is 0 Å². The first-order valence-electron chi connectivity index (χ1n) is 17.3. The van der Waals surface area contributed by atoms with Crippen LogP contribution in [-0.2, 0) is 14.3 Å². The van der Waals surface area contributed by atoms with Gasteiger partial charge in [0.2, 0.25) is 11.8 Å². The molecule has 3 aliphatic heterocycles. The van der Waals surface area contributed by atoms with Gasteiger partial charge in [-0.05, 0) is 111 Å². The molecule has 7 heteroatoms. The zero-order valence-corrected chi connectivity index (χ0v) is 26.2. The Morgan fingerprint density at radius 3 is 2.46 bits per heavy atom. The van der Waals surface area contributed by atoms with E-state index in [-0.39, 0.29) is 30.0 Å². The van der Waals surface area contributed by atoms with E-state index in [0.29, 0.717) is 47.8 Å². The molecule has 41 heavy (non-hydrogen) atoms. The SMILES string of the molecule is C[C@@H]1CC[C@@]2(NC1)O[C@H]1C[C@H]3[C@@H]4CC[C@@H]5C[C@H](NC(=O)CC(=O)N6CCNCC6)CC[C@]5(C)[C@H]4CC[C@]3(C)[C@H]1[C@@H]2C. The minimum Gasteiger partial charge on any atom is -0.357 e. The van der Waals surface area contributed by atoms with Crippen LogP contribution < -0.4 is 16.0 Å². The Balaban J connectivity index is 0.984. The summed E-state index contributed by atoms with van der Waals surface area (Å²) < 4.78 is 7.08. The first-order valence-corrected chi connectivity index (χ1v) is 17.3. The number of carbonyl (C=O) groups excluding carboxylic acids is 2. The quantitative estimate of drug-likeness (QED) is 0.442. The number of piperidine rings is 1. The van der Waals surface area contributed by atoms with E-state index >= 15 is 0 Å². The fraction of sp³-hybridized carbons (Fsp3) is 0.941. The molecule has 0 unspecified atom stereocenters. The largest absolute Gasteiger partial charge is 0.357 e. The average Bonchev–Trinajstić information content (AvgIpc) is 3.40. The van der Waals surface area contributed by atoms with Crippen molar-refractivity contribution in [2.45, 2.75) is 116 Å². The number of nitrogens with zero attached hydrogens (tertiary/aromatic N) is 1. The van der Waals surface area contributed by atoms with Crippen molar-refractivity contribution in [1.82, 2.24) is 20.9 Å². The molecule has 0 aromatic rings. The summed E-state index contributed by atoms with van der Waals surface area (Å²) in [5.74, 6) is 5.07. The van der Waals surface area contributed by atoms with E-state index in [1.54, 1.807) is 0 Å². The van der Waals surface area contributed by atoms with Crippen LogP contribution in [0.3, 0.4) is 0 Å². The molecule has 3 saturated heterocycles. The second-order valence-corrected chi connectivity index (χ2v) is 16.2. The van der Waals surface area contributed by atoms with Crippen molar-refractivity contribution in [3.05, 3.63) is 0 Å². The molecule has 2 amide bonds. The van der Waals surface area contributed by atoms with Gasteiger partial charge in [0.1, 0.15) is 12.1 Å². The lowest BCUT2D eigenvalue weighted by molar-refractivity contribution is -0.139. The summed E-state index contributed by atoms with van der Waals surface area (Å²) in [4.78, 5) is 27.3. The van der Waals surface area contributed by atoms with E-state index in [1.807, 2.05) is 4.90 Å². The molecule has 7 fully saturated rings. The summed E-state index contributed by atoms with van der Waals surface area (Å²) in [7, 11) is 0. The molecule has 7 aliphatic rings. The molecule has 0 bridgehead atoms. The van der Waals surface area contributed by atoms with Crippen molar-refractivity contribution in [1.29, 1.82) is 0 Å². The minimum atomic E-state index is -0.0747. The first-order chi connectivity index (χ1) is 19.6. The second kappa shape index (κ2) is 10.5. The summed E-state index contributed by atoms with van der Waals surface area (Å²) in [5.41, 5.74) is 0.716. The monoisotopic (exact) mass is 568 g/mol. The second-order valence-electron chi connectivity index (χ2n) is 16.2. The molecule has 7 nitrogen and oxygen atoms in total. The number of piperazine rings is 1. The van der Waals surface area contributed by atoms with Gasteiger partial charge in [-0.2, -0.15) is 0 Å². The molecule has 0 aromatic carbocycles. The number of rotatable bonds is 3. The molecule has 230 valence electrons. The fourth-order valence-electron chi connectivity index (χ4n) is 12.0. The van der Waals surface area contributed by atoms with Crippen molar-refractivity contribution < 1.29 is 14.3 Å². The predicted octanol–water partition coefficient (Wildman–Crippen LogP) is 4.31. The Morgan fingerprint density at radius 1 is 0.927 bits per heavy atom. The number of ether oxygens (including phenoxy) is 1. The third-order valence-electron chi connectivity index (χ3n) is 14.3. The highest BCUT2D eigenvalue weighted by Crippen LogP contribution is 2.71. The van der Waals surface area contributed by atoms with Gasteiger partial charge in [0.25, 0.3) is 0 Å². The van der Waals surface area contributed by atoms with Crippen LogP contribution in [0.1, 0.15) is 98.3 Å². The Kier molecular flexibility index (Phi) is 7.30. The van der Waals surface area contributed by atoms with Crippen molar-refractivity contribution in [2.24, 2.45) is 52.3 Å². The van der Waals surface area contributed by atoms with E-state index in [0.717, 1.165) is 56.1 Å². The molecule has 12 atom stereocenters. The normalized spacial score (nSPS) is 50.9. The maximum absolute atomic E-state index is 12.9. The average molecular weight is 569 g/mol. The molecular weight excluding hydrogens is 512 g/mol. The summed E-state index contributed by atoms with van der Waals surface area (Å²) >= 11 is 0. The van der Waals surface area contributed by atoms with Crippen LogP contribution in [0.25, 0.3) is 0 Å². The molecule has 3 heterocycles. The number of nitrogens with one attached hydrogen (secondary N) is 3. The summed E-state index contributed by atoms with van der Waals surface area (Å²) in [6.45, 7) is 14.3. The highest BCUT2D eigenvalue weighted by Gasteiger charge is 2.68. The maximum atomic E-state index is 12.9. The summed E-state index contributed by atoms with van der Waals surface area (Å²) in [5, 5.41) is 10.5. The Hall–Kier alpha value is -1.18. The van der Waals surface area contributed by atoms with Gasteiger partial charge in [-0.15, -0.1) is 0 Å². The molecule has 0 radical (unpaired) electrons. The van der Waals surface area contributed by atoms with Crippen molar-refractivity contribution in [2.75, 3.05) is 32.7 Å². The third-order valence-corrected chi connectivity index (χ3v) is 14.3. The number of fused-ring (bicyclic) bond motifs is 7. The van der Waals surface area contributed by atoms with Crippen LogP contribution in [0, 0.1) is 52.3 Å². The zero-order valence-electron chi connectivity index (χ0n) is 26.2. The first kappa shape index (κ1) is 28.6. The number of carbonyl (C=O) groups is 2. The van der Waals surface area contributed by atoms with Crippen LogP contribution in [0.2, 0.25) is 0 Å². The molecule has 1 spiro atoms. The van der Waals surface area contributed by atoms with Crippen LogP contribution in [0.4, 0.5) is 0 Å². The molecule has 0 aromatic heterocycles. The van der Waals surface area contributed by atoms with Gasteiger partial charge in [-0.1, -0.05) is 27.7 Å². The third kappa shape index (κ3) is 4.61. The Labute approximate surface area is 248 Å². The van der Waals surface area contributed by atoms with Crippen LogP contribution >= 0.6 is 0 Å². The zero-order chi connectivity index (χ0) is 28.6. The van der Waals surface area contributed by atoms with Crippen molar-refractivity contribution in [3.8, 4) is 0 Å². The number of hydrogen-bond donors (Lipinski definition) is 3. The van der Waals surface area contributed by atoms with Gasteiger partial charge in [-0.25, -0.2) is 0 Å². The highest BCUT2D eigenvalue weighted by atomic mass is 16.5. The summed E-state index contributed by atoms with van der Waals surface area (Å²) in [6, 6.07) is 0.226. The topological polar surface area (TPSA) is 82.7 Å². The lowest BCUT2D eigenvalue weighted by Gasteiger charge is -2.61. The van der Waals surface area contributed by atoms with Gasteiger partial charge in [0.15, 0.2) is 0 Å². The molecule has 3 N–H and O–H groups in total. The van der Waals surface area contributed by atoms with Gasteiger partial charge < -0.3 is 20.3 Å². The van der Waals surface area contributed by atoms with Crippen LogP contribution in [0.15, 0.2) is 0 Å². The molecule has 4 aliphatic carbocycles. The Bertz CT molecular complexity index is 1020. The lowest BCUT2D eigenvalue weighted by Crippen LogP contribution is -2.58. The van der Waals surface area contributed by atoms with E-state index < -0.39 is 0 Å². The standard InChI is InChI=1S/C34H56N4O3/c1-21-7-12-34(36-20-21)22(2)31-28(41-34)18-27-25-6-5-23-17-24(8-10-32(23,3)26(25)9-11-33(27,31)4)37-29(39)19-30(40)38-15-13-35-14-16-38/h21-28,31,35-36H,5-20H2,1-4H3,(H,37,39)/t21-,22+,23-,24-,25-,26+,27+,28+,31+,32+,33+,34-/m1/s1. The van der Waals surface area contributed by atoms with E-state index in [9.17, 15) is 9.59 Å². The minimum absolute atomic E-state index is 0.00204. The van der Waals surface area contributed by atoms with Crippen LogP contribution in [0.5, 0.6) is 0 Å². The molecule has 4 saturated carbocycles. The van der Waals surface area contributed by atoms with E-state index in [4.69, 9.17) is 4.74 Å². The van der Waals surface area contributed by atoms with Gasteiger partial charge in [0, 0.05) is 44.7 Å². The van der Waals surface area contributed by atoms with Crippen LogP contribution in [-0.4, -0.2) is 67.3 Å². The molecular formula is C34H56N4O3.